The van der Waals surface area contributed by atoms with Crippen LogP contribution in [-0.4, -0.2) is 8.07 Å². The first-order chi connectivity index (χ1) is 22.3. The summed E-state index contributed by atoms with van der Waals surface area (Å²) in [5.41, 5.74) is 5.03. The van der Waals surface area contributed by atoms with Gasteiger partial charge in [-0.3, -0.25) is 0 Å². The van der Waals surface area contributed by atoms with Gasteiger partial charge in [-0.05, 0) is 79.4 Å². The summed E-state index contributed by atoms with van der Waals surface area (Å²) in [4.78, 5) is 0. The van der Waals surface area contributed by atoms with E-state index >= 15 is 0 Å². The summed E-state index contributed by atoms with van der Waals surface area (Å²) >= 11 is 0. The molecule has 0 radical (unpaired) electrons. The topological polar surface area (TPSA) is 18.5 Å². The molecule has 8 rings (SSSR count). The summed E-state index contributed by atoms with van der Waals surface area (Å²) in [6, 6.07) is 64.2. The molecule has 1 aliphatic heterocycles. The molecule has 0 spiro atoms. The molecule has 0 aromatic heterocycles. The Bertz CT molecular complexity index is 1980. The molecule has 0 saturated heterocycles. The first-order valence-electron chi connectivity index (χ1n) is 15.3. The summed E-state index contributed by atoms with van der Waals surface area (Å²) in [6.45, 7) is 0. The minimum atomic E-state index is -2.98. The third-order valence-electron chi connectivity index (χ3n) is 8.65. The van der Waals surface area contributed by atoms with Crippen molar-refractivity contribution in [3.05, 3.63) is 182 Å². The standard InChI is InChI=1S/C42H30O2Si/c1-4-16-31(17-5-1)43-33-28-34(44-32-18-6-2-7-19-32)30-36(29-33)45(35-20-8-3-9-21-35)41-26-14-12-24-39(41)37-22-10-11-23-38(37)40-25-13-15-27-42(40)45/h1-30H. The molecule has 1 aliphatic rings. The number of hydrogen-bond donors (Lipinski definition) is 0. The summed E-state index contributed by atoms with van der Waals surface area (Å²) in [6.07, 6.45) is 0. The fourth-order valence-electron chi connectivity index (χ4n) is 6.82. The summed E-state index contributed by atoms with van der Waals surface area (Å²) < 4.78 is 13.2. The molecule has 2 nitrogen and oxygen atoms in total. The highest BCUT2D eigenvalue weighted by molar-refractivity contribution is 7.21. The number of rotatable bonds is 6. The fraction of sp³-hybridized carbons (Fsp3) is 0. The molecule has 0 N–H and O–H groups in total. The second-order valence-corrected chi connectivity index (χ2v) is 15.0. The monoisotopic (exact) mass is 594 g/mol. The van der Waals surface area contributed by atoms with Crippen LogP contribution < -0.4 is 30.2 Å². The molecular weight excluding hydrogens is 565 g/mol. The maximum absolute atomic E-state index is 6.58. The van der Waals surface area contributed by atoms with Crippen molar-refractivity contribution < 1.29 is 9.47 Å². The van der Waals surface area contributed by atoms with Crippen LogP contribution in [0.5, 0.6) is 23.0 Å². The summed E-state index contributed by atoms with van der Waals surface area (Å²) in [5, 5.41) is 5.19. The predicted molar refractivity (Wildman–Crippen MR) is 188 cm³/mol. The van der Waals surface area contributed by atoms with Gasteiger partial charge in [0.1, 0.15) is 23.0 Å². The lowest BCUT2D eigenvalue weighted by Gasteiger charge is -2.36. The van der Waals surface area contributed by atoms with E-state index in [1.54, 1.807) is 0 Å². The molecule has 214 valence electrons. The van der Waals surface area contributed by atoms with Gasteiger partial charge < -0.3 is 9.47 Å². The van der Waals surface area contributed by atoms with Crippen LogP contribution >= 0.6 is 0 Å². The van der Waals surface area contributed by atoms with Gasteiger partial charge in [0.2, 0.25) is 0 Å². The molecule has 1 heterocycles. The molecule has 0 fully saturated rings. The second kappa shape index (κ2) is 11.5. The van der Waals surface area contributed by atoms with E-state index in [2.05, 4.69) is 115 Å². The maximum atomic E-state index is 6.58. The lowest BCUT2D eigenvalue weighted by molar-refractivity contribution is 0.461. The van der Waals surface area contributed by atoms with E-state index in [0.29, 0.717) is 0 Å². The van der Waals surface area contributed by atoms with Gasteiger partial charge in [-0.15, -0.1) is 0 Å². The van der Waals surface area contributed by atoms with Gasteiger partial charge in [0.25, 0.3) is 0 Å². The Hall–Kier alpha value is -5.64. The highest BCUT2D eigenvalue weighted by atomic mass is 28.3. The average Bonchev–Trinajstić information content (AvgIpc) is 3.21. The van der Waals surface area contributed by atoms with Crippen LogP contribution in [0.2, 0.25) is 0 Å². The number of hydrogen-bond acceptors (Lipinski definition) is 2. The van der Waals surface area contributed by atoms with Gasteiger partial charge in [-0.25, -0.2) is 0 Å². The smallest absolute Gasteiger partial charge is 0.181 e. The van der Waals surface area contributed by atoms with Crippen LogP contribution in [0.3, 0.4) is 0 Å². The Morgan fingerprint density at radius 2 is 0.667 bits per heavy atom. The molecule has 0 bridgehead atoms. The van der Waals surface area contributed by atoms with Crippen LogP contribution in [0.1, 0.15) is 0 Å². The number of benzene rings is 7. The van der Waals surface area contributed by atoms with E-state index in [0.717, 1.165) is 23.0 Å². The third kappa shape index (κ3) is 4.75. The minimum Gasteiger partial charge on any atom is -0.457 e. The molecule has 7 aromatic rings. The van der Waals surface area contributed by atoms with Crippen molar-refractivity contribution in [3.63, 3.8) is 0 Å². The average molecular weight is 595 g/mol. The first kappa shape index (κ1) is 26.9. The zero-order chi connectivity index (χ0) is 30.1. The molecule has 7 aromatic carbocycles. The zero-order valence-electron chi connectivity index (χ0n) is 24.6. The normalized spacial score (nSPS) is 12.6. The lowest BCUT2D eigenvalue weighted by atomic mass is 9.95. The number of fused-ring (bicyclic) bond motifs is 5. The Morgan fingerprint density at radius 1 is 0.289 bits per heavy atom. The van der Waals surface area contributed by atoms with Gasteiger partial charge in [-0.2, -0.15) is 0 Å². The van der Waals surface area contributed by atoms with E-state index in [4.69, 9.17) is 9.47 Å². The van der Waals surface area contributed by atoms with E-state index < -0.39 is 8.07 Å². The van der Waals surface area contributed by atoms with Crippen molar-refractivity contribution in [2.75, 3.05) is 0 Å². The van der Waals surface area contributed by atoms with Crippen molar-refractivity contribution in [1.29, 1.82) is 0 Å². The third-order valence-corrected chi connectivity index (χ3v) is 13.5. The Balaban J connectivity index is 1.48. The van der Waals surface area contributed by atoms with Crippen molar-refractivity contribution in [2.24, 2.45) is 0 Å². The quantitative estimate of drug-likeness (QED) is 0.180. The molecule has 45 heavy (non-hydrogen) atoms. The molecule has 3 heteroatoms. The van der Waals surface area contributed by atoms with Crippen LogP contribution in [0.4, 0.5) is 0 Å². The molecule has 0 aliphatic carbocycles. The van der Waals surface area contributed by atoms with Crippen LogP contribution in [0.25, 0.3) is 22.3 Å². The molecular formula is C42H30O2Si. The van der Waals surface area contributed by atoms with Gasteiger partial charge in [0.15, 0.2) is 8.07 Å². The Kier molecular flexibility index (Phi) is 6.86. The largest absolute Gasteiger partial charge is 0.457 e. The van der Waals surface area contributed by atoms with E-state index in [-0.39, 0.29) is 0 Å². The SMILES string of the molecule is c1ccc(Oc2cc(Oc3ccccc3)cc([Si]3(c4ccccc4)c4ccccc4-c4ccccc4-c4ccccc43)c2)cc1. The molecule has 0 unspecified atom stereocenters. The predicted octanol–water partition coefficient (Wildman–Crippen LogP) is 8.30. The van der Waals surface area contributed by atoms with E-state index in [9.17, 15) is 0 Å². The number of para-hydroxylation sites is 2. The molecule has 0 atom stereocenters. The Morgan fingerprint density at radius 3 is 1.13 bits per heavy atom. The van der Waals surface area contributed by atoms with E-state index in [1.807, 2.05) is 66.7 Å². The van der Waals surface area contributed by atoms with Crippen LogP contribution in [-0.2, 0) is 0 Å². The van der Waals surface area contributed by atoms with Gasteiger partial charge in [0, 0.05) is 6.07 Å². The molecule has 0 saturated carbocycles. The fourth-order valence-corrected chi connectivity index (χ4v) is 12.0. The maximum Gasteiger partial charge on any atom is 0.181 e. The first-order valence-corrected chi connectivity index (χ1v) is 17.3. The minimum absolute atomic E-state index is 0.740. The second-order valence-electron chi connectivity index (χ2n) is 11.3. The van der Waals surface area contributed by atoms with Gasteiger partial charge >= 0.3 is 0 Å². The van der Waals surface area contributed by atoms with Crippen molar-refractivity contribution >= 4 is 28.8 Å². The summed E-state index contributed by atoms with van der Waals surface area (Å²) in [7, 11) is -2.98. The highest BCUT2D eigenvalue weighted by Gasteiger charge is 2.46. The van der Waals surface area contributed by atoms with Crippen LogP contribution in [0, 0.1) is 0 Å². The Labute approximate surface area is 264 Å². The van der Waals surface area contributed by atoms with Crippen LogP contribution in [0.15, 0.2) is 182 Å². The molecule has 0 amide bonds. The van der Waals surface area contributed by atoms with Crippen molar-refractivity contribution in [2.45, 2.75) is 0 Å². The van der Waals surface area contributed by atoms with Gasteiger partial charge in [0.05, 0.1) is 0 Å². The lowest BCUT2D eigenvalue weighted by Crippen LogP contribution is -2.75. The van der Waals surface area contributed by atoms with Crippen molar-refractivity contribution in [1.82, 2.24) is 0 Å². The summed E-state index contributed by atoms with van der Waals surface area (Å²) in [5.74, 6) is 3.04. The highest BCUT2D eigenvalue weighted by Crippen LogP contribution is 2.37. The van der Waals surface area contributed by atoms with Gasteiger partial charge in [-0.1, -0.05) is 140 Å². The number of ether oxygens (including phenoxy) is 2. The zero-order valence-corrected chi connectivity index (χ0v) is 25.6. The van der Waals surface area contributed by atoms with Crippen molar-refractivity contribution in [3.8, 4) is 45.3 Å². The van der Waals surface area contributed by atoms with E-state index in [1.165, 1.54) is 43.0 Å².